The van der Waals surface area contributed by atoms with Gasteiger partial charge in [0.15, 0.2) is 0 Å². The zero-order valence-electron chi connectivity index (χ0n) is 18.5. The van der Waals surface area contributed by atoms with Gasteiger partial charge in [-0.15, -0.1) is 0 Å². The number of para-hydroxylation sites is 1. The van der Waals surface area contributed by atoms with Gasteiger partial charge in [0, 0.05) is 56.9 Å². The Hall–Kier alpha value is -2.64. The summed E-state index contributed by atoms with van der Waals surface area (Å²) in [5.74, 6) is 1.13. The van der Waals surface area contributed by atoms with E-state index in [1.54, 1.807) is 16.4 Å². The van der Waals surface area contributed by atoms with Crippen LogP contribution >= 0.6 is 11.5 Å². The number of nitrogens with zero attached hydrogens (tertiary/aromatic N) is 4. The number of benzene rings is 2. The van der Waals surface area contributed by atoms with Crippen LogP contribution in [0.5, 0.6) is 0 Å². The van der Waals surface area contributed by atoms with Crippen LogP contribution in [0.2, 0.25) is 0 Å². The zero-order valence-corrected chi connectivity index (χ0v) is 19.4. The standard InChI is InChI=1S/C24H31N5OS/c1-18(2)25-24(30)27(3)21-10-6-4-8-19(21)12-13-28-14-16-29(17-15-28)23-20-9-5-7-11-22(20)31-26-23/h4-11,18H,12-17H2,1-3H3,(H,25,30). The van der Waals surface area contributed by atoms with Crippen molar-refractivity contribution in [2.24, 2.45) is 0 Å². The normalized spacial score (nSPS) is 14.9. The van der Waals surface area contributed by atoms with E-state index in [0.717, 1.165) is 50.6 Å². The number of carbonyl (C=O) groups excluding carboxylic acids is 1. The molecule has 2 aromatic carbocycles. The molecule has 0 aliphatic carbocycles. The number of urea groups is 1. The smallest absolute Gasteiger partial charge is 0.321 e. The minimum atomic E-state index is -0.0634. The SMILES string of the molecule is CC(C)NC(=O)N(C)c1ccccc1CCN1CCN(c2nsc3ccccc23)CC1. The fourth-order valence-corrected chi connectivity index (χ4v) is 4.86. The van der Waals surface area contributed by atoms with Crippen molar-refractivity contribution in [2.75, 3.05) is 49.6 Å². The highest BCUT2D eigenvalue weighted by molar-refractivity contribution is 7.13. The van der Waals surface area contributed by atoms with Crippen molar-refractivity contribution in [2.45, 2.75) is 26.3 Å². The maximum absolute atomic E-state index is 12.4. The number of anilines is 2. The first-order valence-electron chi connectivity index (χ1n) is 11.0. The number of amides is 2. The molecule has 31 heavy (non-hydrogen) atoms. The first-order valence-corrected chi connectivity index (χ1v) is 11.7. The third-order valence-electron chi connectivity index (χ3n) is 5.80. The van der Waals surface area contributed by atoms with Gasteiger partial charge in [-0.1, -0.05) is 30.3 Å². The Balaban J connectivity index is 1.34. The lowest BCUT2D eigenvalue weighted by atomic mass is 10.1. The van der Waals surface area contributed by atoms with Gasteiger partial charge in [-0.05, 0) is 55.6 Å². The van der Waals surface area contributed by atoms with Crippen LogP contribution in [-0.4, -0.2) is 61.1 Å². The van der Waals surface area contributed by atoms with Gasteiger partial charge in [-0.3, -0.25) is 9.80 Å². The van der Waals surface area contributed by atoms with Gasteiger partial charge in [-0.25, -0.2) is 4.79 Å². The first kappa shape index (κ1) is 21.6. The van der Waals surface area contributed by atoms with Crippen LogP contribution in [0.25, 0.3) is 10.1 Å². The Morgan fingerprint density at radius 1 is 1.10 bits per heavy atom. The van der Waals surface area contributed by atoms with E-state index in [0.29, 0.717) is 0 Å². The van der Waals surface area contributed by atoms with Gasteiger partial charge >= 0.3 is 6.03 Å². The van der Waals surface area contributed by atoms with Crippen LogP contribution in [0.15, 0.2) is 48.5 Å². The lowest BCUT2D eigenvalue weighted by Crippen LogP contribution is -2.47. The molecule has 0 atom stereocenters. The summed E-state index contributed by atoms with van der Waals surface area (Å²) in [6.45, 7) is 8.98. The van der Waals surface area contributed by atoms with E-state index in [1.807, 2.05) is 33.0 Å². The maximum Gasteiger partial charge on any atom is 0.321 e. The molecular weight excluding hydrogens is 406 g/mol. The molecule has 1 aromatic heterocycles. The van der Waals surface area contributed by atoms with Crippen molar-refractivity contribution in [3.05, 3.63) is 54.1 Å². The highest BCUT2D eigenvalue weighted by Crippen LogP contribution is 2.30. The van der Waals surface area contributed by atoms with E-state index in [1.165, 1.54) is 15.6 Å². The predicted octanol–water partition coefficient (Wildman–Crippen LogP) is 4.22. The predicted molar refractivity (Wildman–Crippen MR) is 130 cm³/mol. The zero-order chi connectivity index (χ0) is 21.8. The van der Waals surface area contributed by atoms with E-state index in [-0.39, 0.29) is 12.1 Å². The second-order valence-electron chi connectivity index (χ2n) is 8.37. The molecule has 1 fully saturated rings. The Morgan fingerprint density at radius 2 is 1.81 bits per heavy atom. The number of nitrogens with one attached hydrogen (secondary N) is 1. The summed E-state index contributed by atoms with van der Waals surface area (Å²) in [7, 11) is 1.84. The van der Waals surface area contributed by atoms with Crippen molar-refractivity contribution in [3.8, 4) is 0 Å². The molecule has 1 aliphatic rings. The van der Waals surface area contributed by atoms with Crippen LogP contribution in [0, 0.1) is 0 Å². The summed E-state index contributed by atoms with van der Waals surface area (Å²) in [6, 6.07) is 16.7. The molecular formula is C24H31N5OS. The monoisotopic (exact) mass is 437 g/mol. The van der Waals surface area contributed by atoms with Gasteiger partial charge in [0.05, 0.1) is 4.70 Å². The van der Waals surface area contributed by atoms with Crippen molar-refractivity contribution in [1.29, 1.82) is 0 Å². The second kappa shape index (κ2) is 9.66. The van der Waals surface area contributed by atoms with Crippen molar-refractivity contribution in [1.82, 2.24) is 14.6 Å². The highest BCUT2D eigenvalue weighted by atomic mass is 32.1. The summed E-state index contributed by atoms with van der Waals surface area (Å²) < 4.78 is 5.96. The second-order valence-corrected chi connectivity index (χ2v) is 9.18. The van der Waals surface area contributed by atoms with Gasteiger partial charge in [0.1, 0.15) is 5.82 Å². The number of rotatable bonds is 6. The van der Waals surface area contributed by atoms with Crippen LogP contribution in [-0.2, 0) is 6.42 Å². The average Bonchev–Trinajstić information content (AvgIpc) is 3.21. The Bertz CT molecular complexity index is 1030. The molecule has 2 amide bonds. The maximum atomic E-state index is 12.4. The topological polar surface area (TPSA) is 51.7 Å². The largest absolute Gasteiger partial charge is 0.353 e. The molecule has 4 rings (SSSR count). The molecule has 3 aromatic rings. The summed E-state index contributed by atoms with van der Waals surface area (Å²) in [4.78, 5) is 19.1. The molecule has 6 nitrogen and oxygen atoms in total. The van der Waals surface area contributed by atoms with Crippen LogP contribution in [0.3, 0.4) is 0 Å². The summed E-state index contributed by atoms with van der Waals surface area (Å²) in [5, 5.41) is 4.23. The molecule has 0 unspecified atom stereocenters. The molecule has 1 saturated heterocycles. The third-order valence-corrected chi connectivity index (χ3v) is 6.61. The lowest BCUT2D eigenvalue weighted by Gasteiger charge is -2.35. The van der Waals surface area contributed by atoms with Crippen LogP contribution in [0.1, 0.15) is 19.4 Å². The molecule has 0 spiro atoms. The fourth-order valence-electron chi connectivity index (χ4n) is 4.07. The third kappa shape index (κ3) is 4.99. The number of aromatic nitrogens is 1. The minimum absolute atomic E-state index is 0.0634. The van der Waals surface area contributed by atoms with Crippen molar-refractivity contribution >= 4 is 39.2 Å². The average molecular weight is 438 g/mol. The van der Waals surface area contributed by atoms with E-state index in [2.05, 4.69) is 51.5 Å². The Labute approximate surface area is 188 Å². The molecule has 0 bridgehead atoms. The van der Waals surface area contributed by atoms with Gasteiger partial charge in [0.2, 0.25) is 0 Å². The molecule has 2 heterocycles. The van der Waals surface area contributed by atoms with E-state index >= 15 is 0 Å². The highest BCUT2D eigenvalue weighted by Gasteiger charge is 2.21. The molecule has 7 heteroatoms. The first-order chi connectivity index (χ1) is 15.0. The molecule has 164 valence electrons. The van der Waals surface area contributed by atoms with E-state index < -0.39 is 0 Å². The Kier molecular flexibility index (Phi) is 6.73. The van der Waals surface area contributed by atoms with Crippen molar-refractivity contribution < 1.29 is 4.79 Å². The summed E-state index contributed by atoms with van der Waals surface area (Å²) in [5.41, 5.74) is 2.19. The van der Waals surface area contributed by atoms with Crippen molar-refractivity contribution in [3.63, 3.8) is 0 Å². The molecule has 1 aliphatic heterocycles. The van der Waals surface area contributed by atoms with E-state index in [9.17, 15) is 4.79 Å². The molecule has 0 saturated carbocycles. The molecule has 1 N–H and O–H groups in total. The number of piperazine rings is 1. The van der Waals surface area contributed by atoms with Crippen LogP contribution in [0.4, 0.5) is 16.3 Å². The Morgan fingerprint density at radius 3 is 2.58 bits per heavy atom. The quantitative estimate of drug-likeness (QED) is 0.628. The lowest BCUT2D eigenvalue weighted by molar-refractivity contribution is 0.245. The van der Waals surface area contributed by atoms with Gasteiger partial charge in [-0.2, -0.15) is 4.37 Å². The van der Waals surface area contributed by atoms with Gasteiger partial charge in [0.25, 0.3) is 0 Å². The van der Waals surface area contributed by atoms with E-state index in [4.69, 9.17) is 4.37 Å². The summed E-state index contributed by atoms with van der Waals surface area (Å²) >= 11 is 1.58. The number of hydrogen-bond donors (Lipinski definition) is 1. The molecule has 0 radical (unpaired) electrons. The number of carbonyl (C=O) groups is 1. The summed E-state index contributed by atoms with van der Waals surface area (Å²) in [6.07, 6.45) is 0.926. The van der Waals surface area contributed by atoms with Crippen LogP contribution < -0.4 is 15.1 Å². The minimum Gasteiger partial charge on any atom is -0.353 e. The van der Waals surface area contributed by atoms with Gasteiger partial charge < -0.3 is 10.2 Å². The number of fused-ring (bicyclic) bond motifs is 1. The number of hydrogen-bond acceptors (Lipinski definition) is 5. The fraction of sp³-hybridized carbons (Fsp3) is 0.417.